The van der Waals surface area contributed by atoms with Crippen molar-refractivity contribution in [2.75, 3.05) is 13.7 Å². The molecule has 0 heterocycles. The molecule has 2 aromatic carbocycles. The molecule has 0 saturated heterocycles. The molecule has 0 aliphatic heterocycles. The van der Waals surface area contributed by atoms with Gasteiger partial charge >= 0.3 is 6.18 Å². The van der Waals surface area contributed by atoms with Crippen molar-refractivity contribution in [3.8, 4) is 11.5 Å². The fourth-order valence-electron chi connectivity index (χ4n) is 2.15. The van der Waals surface area contributed by atoms with Crippen LogP contribution in [0, 0.1) is 0 Å². The number of benzene rings is 2. The minimum atomic E-state index is -4.37. The Labute approximate surface area is 143 Å². The molecule has 0 atom stereocenters. The average molecular weight is 353 g/mol. The van der Waals surface area contributed by atoms with E-state index in [-0.39, 0.29) is 24.6 Å². The molecule has 1 amide bonds. The fraction of sp³-hybridized carbons (Fsp3) is 0.278. The van der Waals surface area contributed by atoms with Gasteiger partial charge < -0.3 is 14.8 Å². The van der Waals surface area contributed by atoms with Crippen LogP contribution in [-0.4, -0.2) is 25.8 Å². The molecule has 0 saturated carbocycles. The summed E-state index contributed by atoms with van der Waals surface area (Å²) in [6.45, 7) is -1.06. The van der Waals surface area contributed by atoms with Crippen molar-refractivity contribution >= 4 is 5.91 Å². The van der Waals surface area contributed by atoms with Crippen molar-refractivity contribution in [3.05, 3.63) is 59.7 Å². The Morgan fingerprint density at radius 3 is 2.40 bits per heavy atom. The zero-order valence-electron chi connectivity index (χ0n) is 13.6. The number of para-hydroxylation sites is 1. The maximum atomic E-state index is 12.1. The van der Waals surface area contributed by atoms with E-state index in [4.69, 9.17) is 4.74 Å². The number of amides is 1. The number of hydrogen-bond acceptors (Lipinski definition) is 3. The van der Waals surface area contributed by atoms with E-state index in [9.17, 15) is 18.0 Å². The summed E-state index contributed by atoms with van der Waals surface area (Å²) in [7, 11) is 1.54. The first kappa shape index (κ1) is 18.6. The minimum Gasteiger partial charge on any atom is -0.496 e. The second-order valence-electron chi connectivity index (χ2n) is 5.31. The highest BCUT2D eigenvalue weighted by Gasteiger charge is 2.28. The highest BCUT2D eigenvalue weighted by atomic mass is 19.4. The van der Waals surface area contributed by atoms with E-state index in [1.165, 1.54) is 12.1 Å². The lowest BCUT2D eigenvalue weighted by Gasteiger charge is -2.11. The van der Waals surface area contributed by atoms with E-state index in [1.807, 2.05) is 18.2 Å². The standard InChI is InChI=1S/C18H18F3NO3/c1-24-16-5-3-2-4-14(16)10-17(23)22-11-13-6-8-15(9-7-13)25-12-18(19,20)21/h2-9H,10-12H2,1H3,(H,22,23). The van der Waals surface area contributed by atoms with Gasteiger partial charge in [0.2, 0.25) is 5.91 Å². The highest BCUT2D eigenvalue weighted by Crippen LogP contribution is 2.19. The molecule has 0 bridgehead atoms. The summed E-state index contributed by atoms with van der Waals surface area (Å²) >= 11 is 0. The summed E-state index contributed by atoms with van der Waals surface area (Å²) in [6.07, 6.45) is -4.19. The molecule has 0 aromatic heterocycles. The van der Waals surface area contributed by atoms with Gasteiger partial charge in [0, 0.05) is 12.1 Å². The van der Waals surface area contributed by atoms with Gasteiger partial charge in [-0.05, 0) is 23.8 Å². The minimum absolute atomic E-state index is 0.126. The van der Waals surface area contributed by atoms with Crippen molar-refractivity contribution < 1.29 is 27.4 Å². The van der Waals surface area contributed by atoms with Gasteiger partial charge in [0.15, 0.2) is 6.61 Å². The number of nitrogens with one attached hydrogen (secondary N) is 1. The third-order valence-corrected chi connectivity index (χ3v) is 3.36. The van der Waals surface area contributed by atoms with Crippen LogP contribution < -0.4 is 14.8 Å². The first-order chi connectivity index (χ1) is 11.9. The molecule has 0 unspecified atom stereocenters. The van der Waals surface area contributed by atoms with Gasteiger partial charge in [-0.1, -0.05) is 30.3 Å². The first-order valence-corrected chi connectivity index (χ1v) is 7.54. The van der Waals surface area contributed by atoms with Gasteiger partial charge in [-0.15, -0.1) is 0 Å². The Hall–Kier alpha value is -2.70. The molecular weight excluding hydrogens is 335 g/mol. The molecule has 0 aliphatic rings. The Kier molecular flexibility index (Phi) is 6.27. The summed E-state index contributed by atoms with van der Waals surface area (Å²) in [5, 5.41) is 2.76. The van der Waals surface area contributed by atoms with Crippen molar-refractivity contribution in [2.45, 2.75) is 19.1 Å². The normalized spacial score (nSPS) is 11.0. The second-order valence-corrected chi connectivity index (χ2v) is 5.31. The van der Waals surface area contributed by atoms with Gasteiger partial charge in [-0.25, -0.2) is 0 Å². The SMILES string of the molecule is COc1ccccc1CC(=O)NCc1ccc(OCC(F)(F)F)cc1. The Morgan fingerprint density at radius 1 is 1.08 bits per heavy atom. The van der Waals surface area contributed by atoms with Crippen molar-refractivity contribution in [1.29, 1.82) is 0 Å². The summed E-state index contributed by atoms with van der Waals surface area (Å²) < 4.78 is 46.1. The number of hydrogen-bond donors (Lipinski definition) is 1. The summed E-state index contributed by atoms with van der Waals surface area (Å²) in [6, 6.07) is 13.3. The van der Waals surface area contributed by atoms with E-state index in [0.717, 1.165) is 11.1 Å². The number of halogens is 3. The average Bonchev–Trinajstić information content (AvgIpc) is 2.59. The van der Waals surface area contributed by atoms with Crippen LogP contribution in [0.4, 0.5) is 13.2 Å². The van der Waals surface area contributed by atoms with E-state index in [0.29, 0.717) is 5.75 Å². The van der Waals surface area contributed by atoms with Crippen LogP contribution in [0.3, 0.4) is 0 Å². The molecule has 0 aliphatic carbocycles. The number of carbonyl (C=O) groups excluding carboxylic acids is 1. The number of carbonyl (C=O) groups is 1. The predicted octanol–water partition coefficient (Wildman–Crippen LogP) is 3.50. The number of rotatable bonds is 7. The van der Waals surface area contributed by atoms with Gasteiger partial charge in [0.1, 0.15) is 11.5 Å². The lowest BCUT2D eigenvalue weighted by atomic mass is 10.1. The quantitative estimate of drug-likeness (QED) is 0.829. The zero-order valence-corrected chi connectivity index (χ0v) is 13.6. The van der Waals surface area contributed by atoms with Gasteiger partial charge in [0.25, 0.3) is 0 Å². The Morgan fingerprint density at radius 2 is 1.76 bits per heavy atom. The van der Waals surface area contributed by atoms with Crippen LogP contribution >= 0.6 is 0 Å². The summed E-state index contributed by atoms with van der Waals surface area (Å²) in [5.74, 6) is 0.590. The van der Waals surface area contributed by atoms with Crippen LogP contribution in [0.1, 0.15) is 11.1 Å². The molecular formula is C18H18F3NO3. The van der Waals surface area contributed by atoms with Gasteiger partial charge in [-0.3, -0.25) is 4.79 Å². The molecule has 1 N–H and O–H groups in total. The molecule has 2 rings (SSSR count). The number of ether oxygens (including phenoxy) is 2. The molecule has 2 aromatic rings. The first-order valence-electron chi connectivity index (χ1n) is 7.54. The maximum Gasteiger partial charge on any atom is 0.422 e. The molecule has 134 valence electrons. The third-order valence-electron chi connectivity index (χ3n) is 3.36. The monoisotopic (exact) mass is 353 g/mol. The topological polar surface area (TPSA) is 47.6 Å². The predicted molar refractivity (Wildman–Crippen MR) is 86.5 cm³/mol. The molecule has 0 fully saturated rings. The van der Waals surface area contributed by atoms with E-state index >= 15 is 0 Å². The highest BCUT2D eigenvalue weighted by molar-refractivity contribution is 5.79. The number of methoxy groups -OCH3 is 1. The molecule has 0 radical (unpaired) electrons. The van der Waals surface area contributed by atoms with Crippen LogP contribution in [0.15, 0.2) is 48.5 Å². The molecule has 25 heavy (non-hydrogen) atoms. The smallest absolute Gasteiger partial charge is 0.422 e. The lowest BCUT2D eigenvalue weighted by molar-refractivity contribution is -0.153. The maximum absolute atomic E-state index is 12.1. The van der Waals surface area contributed by atoms with Crippen molar-refractivity contribution in [3.63, 3.8) is 0 Å². The Balaban J connectivity index is 1.83. The van der Waals surface area contributed by atoms with E-state index in [2.05, 4.69) is 10.1 Å². The van der Waals surface area contributed by atoms with Crippen LogP contribution in [-0.2, 0) is 17.8 Å². The van der Waals surface area contributed by atoms with Crippen LogP contribution in [0.5, 0.6) is 11.5 Å². The second kappa shape index (κ2) is 8.41. The molecule has 7 heteroatoms. The van der Waals surface area contributed by atoms with Crippen molar-refractivity contribution in [2.24, 2.45) is 0 Å². The summed E-state index contributed by atoms with van der Waals surface area (Å²) in [5.41, 5.74) is 1.53. The largest absolute Gasteiger partial charge is 0.496 e. The molecule has 4 nitrogen and oxygen atoms in total. The van der Waals surface area contributed by atoms with Gasteiger partial charge in [0.05, 0.1) is 13.5 Å². The van der Waals surface area contributed by atoms with E-state index < -0.39 is 12.8 Å². The van der Waals surface area contributed by atoms with Crippen molar-refractivity contribution in [1.82, 2.24) is 5.32 Å². The lowest BCUT2D eigenvalue weighted by Crippen LogP contribution is -2.24. The van der Waals surface area contributed by atoms with E-state index in [1.54, 1.807) is 25.3 Å². The number of alkyl halides is 3. The van der Waals surface area contributed by atoms with Crippen LogP contribution in [0.25, 0.3) is 0 Å². The zero-order chi connectivity index (χ0) is 18.3. The fourth-order valence-corrected chi connectivity index (χ4v) is 2.15. The third kappa shape index (κ3) is 6.37. The summed E-state index contributed by atoms with van der Waals surface area (Å²) in [4.78, 5) is 12.0. The van der Waals surface area contributed by atoms with Gasteiger partial charge in [-0.2, -0.15) is 13.2 Å². The Bertz CT molecular complexity index is 699. The van der Waals surface area contributed by atoms with Crippen LogP contribution in [0.2, 0.25) is 0 Å². The molecule has 0 spiro atoms.